The molecule has 9 nitrogen and oxygen atoms in total. The van der Waals surface area contributed by atoms with E-state index in [1.807, 2.05) is 12.3 Å². The van der Waals surface area contributed by atoms with E-state index in [0.29, 0.717) is 12.2 Å². The zero-order valence-corrected chi connectivity index (χ0v) is 19.0. The van der Waals surface area contributed by atoms with Crippen molar-refractivity contribution in [2.24, 2.45) is 0 Å². The first kappa shape index (κ1) is 24.0. The van der Waals surface area contributed by atoms with E-state index in [-0.39, 0.29) is 6.61 Å². The highest BCUT2D eigenvalue weighted by atomic mass is 16.7. The zero-order chi connectivity index (χ0) is 24.2. The molecule has 0 radical (unpaired) electrons. The summed E-state index contributed by atoms with van der Waals surface area (Å²) in [6, 6.07) is 13.9. The van der Waals surface area contributed by atoms with E-state index in [9.17, 15) is 20.1 Å². The lowest BCUT2D eigenvalue weighted by molar-refractivity contribution is -0.277. The normalized spacial score (nSPS) is 24.7. The maximum absolute atomic E-state index is 11.3. The molecule has 2 aromatic carbocycles. The van der Waals surface area contributed by atoms with E-state index in [2.05, 4.69) is 40.9 Å². The van der Waals surface area contributed by atoms with E-state index < -0.39 is 36.9 Å². The molecule has 2 heterocycles. The van der Waals surface area contributed by atoms with E-state index >= 15 is 0 Å². The maximum Gasteiger partial charge on any atom is 0.508 e. The van der Waals surface area contributed by atoms with Crippen molar-refractivity contribution in [3.05, 3.63) is 65.4 Å². The van der Waals surface area contributed by atoms with Crippen molar-refractivity contribution >= 4 is 17.1 Å². The molecule has 1 aliphatic rings. The molecule has 0 amide bonds. The van der Waals surface area contributed by atoms with Gasteiger partial charge < -0.3 is 39.3 Å². The number of aromatic amines is 1. The lowest BCUT2D eigenvalue weighted by Crippen LogP contribution is -2.60. The molecule has 4 rings (SSSR count). The summed E-state index contributed by atoms with van der Waals surface area (Å²) in [6.45, 7) is 1.73. The number of carbonyl (C=O) groups is 1. The van der Waals surface area contributed by atoms with Gasteiger partial charge in [0.15, 0.2) is 0 Å². The first-order valence-electron chi connectivity index (χ1n) is 11.1. The summed E-state index contributed by atoms with van der Waals surface area (Å²) in [5.74, 6) is 0.444. The quantitative estimate of drug-likeness (QED) is 0.386. The van der Waals surface area contributed by atoms with Crippen molar-refractivity contribution in [3.63, 3.8) is 0 Å². The predicted octanol–water partition coefficient (Wildman–Crippen LogP) is 2.29. The highest BCUT2D eigenvalue weighted by Gasteiger charge is 2.45. The van der Waals surface area contributed by atoms with Gasteiger partial charge in [-0.25, -0.2) is 4.79 Å². The number of aryl methyl sites for hydroxylation is 1. The number of aliphatic hydroxyl groups excluding tert-OH is 3. The van der Waals surface area contributed by atoms with Crippen LogP contribution in [0.3, 0.4) is 0 Å². The number of H-pyrrole nitrogens is 1. The van der Waals surface area contributed by atoms with Gasteiger partial charge in [-0.05, 0) is 41.7 Å². The minimum Gasteiger partial charge on any atom is -0.461 e. The summed E-state index contributed by atoms with van der Waals surface area (Å²) in [7, 11) is 1.15. The standard InChI is InChI=1S/C25H29NO8/c1-3-14-7-9-15(10-8-14)11-16-12-26-17-5-4-6-18(20(16)17)33-24-23(29)22(28)21(27)19(34-24)13-32-25(30)31-2/h4-10,12,19,21-24,26-29H,3,11,13H2,1-2H3/t19-,21-,22+,23-,24-/m1/s1. The smallest absolute Gasteiger partial charge is 0.461 e. The molecule has 3 aromatic rings. The van der Waals surface area contributed by atoms with E-state index in [1.165, 1.54) is 5.56 Å². The SMILES string of the molecule is CCc1ccc(Cc2c[nH]c3cccc(O[C@@H]4O[C@H](COC(=O)OC)[C@@H](O)[C@H](O)[C@H]4O)c23)cc1. The van der Waals surface area contributed by atoms with Gasteiger partial charge in [0.1, 0.15) is 36.8 Å². The van der Waals surface area contributed by atoms with Crippen LogP contribution < -0.4 is 4.74 Å². The molecule has 0 saturated carbocycles. The second kappa shape index (κ2) is 10.4. The van der Waals surface area contributed by atoms with Crippen molar-refractivity contribution in [2.45, 2.75) is 50.5 Å². The fraction of sp³-hybridized carbons (Fsp3) is 0.400. The fourth-order valence-electron chi connectivity index (χ4n) is 4.06. The predicted molar refractivity (Wildman–Crippen MR) is 123 cm³/mol. The number of benzene rings is 2. The van der Waals surface area contributed by atoms with Crippen molar-refractivity contribution in [3.8, 4) is 5.75 Å². The molecular weight excluding hydrogens is 442 g/mol. The number of carbonyl (C=O) groups excluding carboxylic acids is 1. The Hall–Kier alpha value is -3.11. The first-order valence-corrected chi connectivity index (χ1v) is 11.1. The molecule has 34 heavy (non-hydrogen) atoms. The minimum atomic E-state index is -1.56. The van der Waals surface area contributed by atoms with E-state index in [4.69, 9.17) is 14.2 Å². The molecule has 4 N–H and O–H groups in total. The highest BCUT2D eigenvalue weighted by molar-refractivity contribution is 5.89. The van der Waals surface area contributed by atoms with Crippen LogP contribution in [0.1, 0.15) is 23.6 Å². The van der Waals surface area contributed by atoms with Crippen molar-refractivity contribution in [2.75, 3.05) is 13.7 Å². The summed E-state index contributed by atoms with van der Waals surface area (Å²) >= 11 is 0. The molecule has 0 aliphatic carbocycles. The van der Waals surface area contributed by atoms with Gasteiger partial charge in [-0.1, -0.05) is 37.3 Å². The molecule has 0 spiro atoms. The number of hydrogen-bond donors (Lipinski definition) is 4. The molecule has 0 unspecified atom stereocenters. The summed E-state index contributed by atoms with van der Waals surface area (Å²) in [5, 5.41) is 31.9. The number of aliphatic hydroxyl groups is 3. The summed E-state index contributed by atoms with van der Waals surface area (Å²) in [6.07, 6.45) is -4.40. The Bertz CT molecular complexity index is 1110. The second-order valence-corrected chi connectivity index (χ2v) is 8.24. The largest absolute Gasteiger partial charge is 0.508 e. The molecule has 1 aliphatic heterocycles. The van der Waals surface area contributed by atoms with Crippen molar-refractivity contribution in [1.29, 1.82) is 0 Å². The molecule has 5 atom stereocenters. The summed E-state index contributed by atoms with van der Waals surface area (Å²) < 4.78 is 20.9. The van der Waals surface area contributed by atoms with Crippen molar-refractivity contribution in [1.82, 2.24) is 4.98 Å². The summed E-state index contributed by atoms with van der Waals surface area (Å²) in [4.78, 5) is 14.5. The average molecular weight is 472 g/mol. The van der Waals surface area contributed by atoms with Crippen LogP contribution in [0.4, 0.5) is 4.79 Å². The molecule has 9 heteroatoms. The monoisotopic (exact) mass is 471 g/mol. The van der Waals surface area contributed by atoms with Gasteiger partial charge in [0, 0.05) is 17.1 Å². The van der Waals surface area contributed by atoms with Gasteiger partial charge in [-0.15, -0.1) is 0 Å². The Morgan fingerprint density at radius 2 is 1.76 bits per heavy atom. The van der Waals surface area contributed by atoms with Crippen LogP contribution in [-0.2, 0) is 27.1 Å². The Balaban J connectivity index is 1.56. The Labute approximate surface area is 196 Å². The number of hydrogen-bond acceptors (Lipinski definition) is 8. The van der Waals surface area contributed by atoms with Crippen LogP contribution in [0.15, 0.2) is 48.7 Å². The molecule has 1 aromatic heterocycles. The van der Waals surface area contributed by atoms with Gasteiger partial charge in [0.25, 0.3) is 0 Å². The van der Waals surface area contributed by atoms with Gasteiger partial charge in [0.2, 0.25) is 6.29 Å². The average Bonchev–Trinajstić information content (AvgIpc) is 3.27. The first-order chi connectivity index (χ1) is 16.4. The van der Waals surface area contributed by atoms with Crippen LogP contribution in [0.5, 0.6) is 5.75 Å². The van der Waals surface area contributed by atoms with E-state index in [1.54, 1.807) is 12.1 Å². The Kier molecular flexibility index (Phi) is 7.38. The lowest BCUT2D eigenvalue weighted by Gasteiger charge is -2.39. The maximum atomic E-state index is 11.3. The molecule has 0 bridgehead atoms. The Morgan fingerprint density at radius 1 is 1.03 bits per heavy atom. The van der Waals surface area contributed by atoms with E-state index in [0.717, 1.165) is 35.6 Å². The molecular formula is C25H29NO8. The minimum absolute atomic E-state index is 0.384. The zero-order valence-electron chi connectivity index (χ0n) is 19.0. The van der Waals surface area contributed by atoms with Gasteiger partial charge >= 0.3 is 6.16 Å². The number of rotatable bonds is 7. The van der Waals surface area contributed by atoms with Gasteiger partial charge in [-0.3, -0.25) is 0 Å². The summed E-state index contributed by atoms with van der Waals surface area (Å²) in [5.41, 5.74) is 4.24. The molecule has 182 valence electrons. The van der Waals surface area contributed by atoms with Crippen LogP contribution in [0.25, 0.3) is 10.9 Å². The number of fused-ring (bicyclic) bond motifs is 1. The Morgan fingerprint density at radius 3 is 2.47 bits per heavy atom. The van der Waals surface area contributed by atoms with Gasteiger partial charge in [-0.2, -0.15) is 0 Å². The number of aromatic nitrogens is 1. The second-order valence-electron chi connectivity index (χ2n) is 8.24. The molecule has 1 saturated heterocycles. The fourth-order valence-corrected chi connectivity index (χ4v) is 4.06. The number of ether oxygens (including phenoxy) is 4. The molecule has 1 fully saturated rings. The van der Waals surface area contributed by atoms with Crippen LogP contribution in [-0.4, -0.2) is 70.9 Å². The number of nitrogens with one attached hydrogen (secondary N) is 1. The number of methoxy groups -OCH3 is 1. The van der Waals surface area contributed by atoms with Crippen LogP contribution in [0.2, 0.25) is 0 Å². The van der Waals surface area contributed by atoms with Crippen LogP contribution in [0, 0.1) is 0 Å². The van der Waals surface area contributed by atoms with Crippen LogP contribution >= 0.6 is 0 Å². The topological polar surface area (TPSA) is 130 Å². The lowest BCUT2D eigenvalue weighted by atomic mass is 9.99. The third-order valence-corrected chi connectivity index (χ3v) is 6.02. The third kappa shape index (κ3) is 5.02. The third-order valence-electron chi connectivity index (χ3n) is 6.02. The van der Waals surface area contributed by atoms with Gasteiger partial charge in [0.05, 0.1) is 7.11 Å². The highest BCUT2D eigenvalue weighted by Crippen LogP contribution is 2.33. The van der Waals surface area contributed by atoms with Crippen molar-refractivity contribution < 1.29 is 39.1 Å².